The standard InChI is InChI=1S/C24H18ClN7O9S4.H2O/c1-39-13-26-20-12-15(27-23-28-22(25)29-24(30-23)42-2)4-8-18(20)31-32-19-7-3-14-11-16(43-10-9-40-41-45(36,37)38)5-6-17(14)21(19)44(33,34)35;/h3-8,11-13H,1-2H3,(H,33,34,35)(H,36,37,38)(H,27,28,29,30);1H2. The van der Waals surface area contributed by atoms with Gasteiger partial charge >= 0.3 is 10.4 Å². The number of hydrogen-bond acceptors (Lipinski definition) is 16. The number of benzene rings is 3. The van der Waals surface area contributed by atoms with Gasteiger partial charge in [0.05, 0.1) is 12.8 Å². The maximum Gasteiger partial charge on any atom is 0.433 e. The van der Waals surface area contributed by atoms with E-state index in [1.807, 2.05) is 6.11 Å². The molecule has 46 heavy (non-hydrogen) atoms. The van der Waals surface area contributed by atoms with Crippen LogP contribution in [0.2, 0.25) is 5.28 Å². The highest BCUT2D eigenvalue weighted by Gasteiger charge is 2.20. The van der Waals surface area contributed by atoms with E-state index in [0.29, 0.717) is 21.1 Å². The number of methoxy groups -OCH3 is 1. The monoisotopic (exact) mass is 729 g/mol. The number of aromatic nitrogens is 3. The predicted octanol–water partition coefficient (Wildman–Crippen LogP) is 5.05. The van der Waals surface area contributed by atoms with E-state index in [1.54, 1.807) is 36.6 Å². The van der Waals surface area contributed by atoms with Gasteiger partial charge in [-0.05, 0) is 75.7 Å². The molecule has 0 saturated carbocycles. The van der Waals surface area contributed by atoms with Crippen molar-refractivity contribution < 1.29 is 45.4 Å². The predicted molar refractivity (Wildman–Crippen MR) is 170 cm³/mol. The minimum absolute atomic E-state index is 0. The number of hydrogen-bond donors (Lipinski definition) is 3. The summed E-state index contributed by atoms with van der Waals surface area (Å²) in [6, 6.07) is 12.1. The molecule has 0 fully saturated rings. The zero-order valence-corrected chi connectivity index (χ0v) is 27.2. The summed E-state index contributed by atoms with van der Waals surface area (Å²) in [5, 5.41) is 14.6. The minimum Gasteiger partial charge on any atom is -0.486 e. The number of ether oxygens (including phenoxy) is 1. The molecule has 0 aliphatic rings. The maximum atomic E-state index is 12.4. The molecule has 1 aromatic heterocycles. The van der Waals surface area contributed by atoms with Crippen LogP contribution < -0.4 is 5.32 Å². The number of azo groups is 1. The molecule has 0 saturated heterocycles. The summed E-state index contributed by atoms with van der Waals surface area (Å²) in [6.07, 6.45) is 4.86. The van der Waals surface area contributed by atoms with Crippen LogP contribution in [0.15, 0.2) is 78.7 Å². The summed E-state index contributed by atoms with van der Waals surface area (Å²) in [6.45, 7) is 0. The van der Waals surface area contributed by atoms with E-state index >= 15 is 0 Å². The molecule has 22 heteroatoms. The first-order valence-electron chi connectivity index (χ1n) is 11.7. The van der Waals surface area contributed by atoms with Crippen molar-refractivity contribution >= 4 is 102 Å². The van der Waals surface area contributed by atoms with Crippen LogP contribution in [0.25, 0.3) is 10.8 Å². The summed E-state index contributed by atoms with van der Waals surface area (Å²) < 4.78 is 72.9. The highest BCUT2D eigenvalue weighted by Crippen LogP contribution is 2.37. The number of nitrogens with one attached hydrogen (secondary N) is 1. The summed E-state index contributed by atoms with van der Waals surface area (Å²) in [5.74, 6) is 0.192. The molecule has 0 amide bonds. The Bertz CT molecular complexity index is 2090. The minimum atomic E-state index is -4.83. The third-order valence-corrected chi connectivity index (χ3v) is 7.69. The van der Waals surface area contributed by atoms with Gasteiger partial charge in [-0.1, -0.05) is 23.9 Å². The molecule has 242 valence electrons. The average Bonchev–Trinajstić information content (AvgIpc) is 2.97. The summed E-state index contributed by atoms with van der Waals surface area (Å²) >= 11 is 8.13. The lowest BCUT2D eigenvalue weighted by Crippen LogP contribution is -2.01. The number of anilines is 2. The largest absolute Gasteiger partial charge is 0.486 e. The summed E-state index contributed by atoms with van der Waals surface area (Å²) in [4.78, 5) is 20.5. The van der Waals surface area contributed by atoms with E-state index in [2.05, 4.69) is 50.0 Å². The smallest absolute Gasteiger partial charge is 0.433 e. The first-order chi connectivity index (χ1) is 21.4. The van der Waals surface area contributed by atoms with Crippen LogP contribution in [0.5, 0.6) is 0 Å². The fourth-order valence-corrected chi connectivity index (χ4v) is 5.49. The van der Waals surface area contributed by atoms with Crippen LogP contribution in [0, 0.1) is 11.4 Å². The Balaban J connectivity index is 0.00000576. The van der Waals surface area contributed by atoms with Gasteiger partial charge in [0.25, 0.3) is 10.1 Å². The molecule has 4 rings (SSSR count). The van der Waals surface area contributed by atoms with Gasteiger partial charge in [0, 0.05) is 21.2 Å². The molecular weight excluding hydrogens is 710 g/mol. The number of halogens is 1. The van der Waals surface area contributed by atoms with Gasteiger partial charge in [-0.2, -0.15) is 31.8 Å². The molecule has 0 aliphatic heterocycles. The van der Waals surface area contributed by atoms with Gasteiger partial charge in [0.15, 0.2) is 17.7 Å². The van der Waals surface area contributed by atoms with E-state index in [-0.39, 0.29) is 39.2 Å². The van der Waals surface area contributed by atoms with Gasteiger partial charge < -0.3 is 15.5 Å². The van der Waals surface area contributed by atoms with Crippen molar-refractivity contribution in [2.45, 2.75) is 14.9 Å². The van der Waals surface area contributed by atoms with Gasteiger partial charge in [-0.25, -0.2) is 4.99 Å². The Hall–Kier alpha value is -4.11. The number of aliphatic imine (C=N–C) groups is 1. The molecule has 0 aliphatic carbocycles. The van der Waals surface area contributed by atoms with Gasteiger partial charge in [-0.3, -0.25) is 14.0 Å². The molecular formula is C24H20ClN7O10S4. The molecule has 0 radical (unpaired) electrons. The van der Waals surface area contributed by atoms with Crippen LogP contribution in [0.3, 0.4) is 0 Å². The molecule has 0 atom stereocenters. The van der Waals surface area contributed by atoms with Crippen LogP contribution >= 0.6 is 35.1 Å². The lowest BCUT2D eigenvalue weighted by molar-refractivity contribution is -0.135. The van der Waals surface area contributed by atoms with Crippen molar-refractivity contribution in [3.8, 4) is 11.4 Å². The van der Waals surface area contributed by atoms with Crippen molar-refractivity contribution in [2.24, 2.45) is 15.2 Å². The fourth-order valence-electron chi connectivity index (χ4n) is 3.45. The molecule has 4 aromatic rings. The topological polar surface area (TPSA) is 256 Å². The third kappa shape index (κ3) is 10.2. The highest BCUT2D eigenvalue weighted by molar-refractivity contribution is 8.04. The van der Waals surface area contributed by atoms with E-state index in [4.69, 9.17) is 20.9 Å². The number of nitrogens with zero attached hydrogens (tertiary/aromatic N) is 6. The van der Waals surface area contributed by atoms with E-state index < -0.39 is 25.4 Å². The molecule has 0 unspecified atom stereocenters. The first kappa shape index (κ1) is 36.4. The Kier molecular flexibility index (Phi) is 12.6. The van der Waals surface area contributed by atoms with E-state index in [1.165, 1.54) is 37.1 Å². The Morgan fingerprint density at radius 2 is 1.72 bits per heavy atom. The number of fused-ring (bicyclic) bond motifs is 1. The Morgan fingerprint density at radius 3 is 2.41 bits per heavy atom. The molecule has 0 spiro atoms. The molecule has 1 heterocycles. The molecule has 0 bridgehead atoms. The fraction of sp³-hybridized carbons (Fsp3) is 0.0833. The maximum absolute atomic E-state index is 12.4. The molecule has 5 N–H and O–H groups in total. The normalized spacial score (nSPS) is 11.7. The lowest BCUT2D eigenvalue weighted by atomic mass is 10.1. The zero-order valence-electron chi connectivity index (χ0n) is 23.1. The van der Waals surface area contributed by atoms with E-state index in [0.717, 1.165) is 18.2 Å². The summed E-state index contributed by atoms with van der Waals surface area (Å²) in [5.41, 5.74) is 0.846. The van der Waals surface area contributed by atoms with Crippen molar-refractivity contribution in [1.82, 2.24) is 15.0 Å². The highest BCUT2D eigenvalue weighted by atomic mass is 35.5. The van der Waals surface area contributed by atoms with Crippen LogP contribution in [0.4, 0.5) is 28.7 Å². The van der Waals surface area contributed by atoms with Crippen LogP contribution in [-0.2, 0) is 34.5 Å². The number of rotatable bonds is 11. The average molecular weight is 730 g/mol. The second-order valence-corrected chi connectivity index (χ2v) is 12.4. The van der Waals surface area contributed by atoms with Gasteiger partial charge in [0.1, 0.15) is 16.3 Å². The molecule has 3 aromatic carbocycles. The quantitative estimate of drug-likeness (QED) is 0.0267. The second kappa shape index (κ2) is 15.9. The van der Waals surface area contributed by atoms with Gasteiger partial charge in [0.2, 0.25) is 11.2 Å². The second-order valence-electron chi connectivity index (χ2n) is 8.07. The van der Waals surface area contributed by atoms with Crippen molar-refractivity contribution in [1.29, 1.82) is 0 Å². The Morgan fingerprint density at radius 1 is 0.978 bits per heavy atom. The van der Waals surface area contributed by atoms with Crippen molar-refractivity contribution in [2.75, 3.05) is 18.7 Å². The zero-order chi connectivity index (χ0) is 32.6. The Labute approximate surface area is 274 Å². The van der Waals surface area contributed by atoms with Crippen molar-refractivity contribution in [3.05, 3.63) is 53.8 Å². The SMILES string of the molecule is COC=Nc1cc(Nc2nc(Cl)nc(SC)n2)ccc1N=Nc1ccc2cc(SC#COOS(=O)(=O)O)ccc2c1S(=O)(=O)O.O. The lowest BCUT2D eigenvalue weighted by Gasteiger charge is -2.09. The first-order valence-corrected chi connectivity index (χ1v) is 17.0. The number of thioether (sulfide) groups is 2. The van der Waals surface area contributed by atoms with E-state index in [9.17, 15) is 21.4 Å². The van der Waals surface area contributed by atoms with Crippen LogP contribution in [0.1, 0.15) is 0 Å². The molecule has 17 nitrogen and oxygen atoms in total. The van der Waals surface area contributed by atoms with Crippen molar-refractivity contribution in [3.63, 3.8) is 0 Å². The van der Waals surface area contributed by atoms with Gasteiger partial charge in [-0.15, -0.1) is 10.2 Å². The van der Waals surface area contributed by atoms with Crippen LogP contribution in [-0.4, -0.2) is 66.1 Å². The third-order valence-electron chi connectivity index (χ3n) is 5.12. The summed E-state index contributed by atoms with van der Waals surface area (Å²) in [7, 11) is -8.21.